The molecular weight excluding hydrogens is 269 g/mol. The number of hydrogen-bond donors (Lipinski definition) is 1. The van der Waals surface area contributed by atoms with Crippen molar-refractivity contribution in [2.45, 2.75) is 12.5 Å². The Bertz CT molecular complexity index is 769. The largest absolute Gasteiger partial charge is 0.494 e. The van der Waals surface area contributed by atoms with Crippen LogP contribution < -0.4 is 10.5 Å². The maximum atomic E-state index is 13.7. The maximum Gasteiger partial charge on any atom is 0.165 e. The third-order valence-electron chi connectivity index (χ3n) is 3.53. The lowest BCUT2D eigenvalue weighted by Gasteiger charge is -2.11. The van der Waals surface area contributed by atoms with Crippen LogP contribution in [0.2, 0.25) is 0 Å². The zero-order chi connectivity index (χ0) is 14.8. The van der Waals surface area contributed by atoms with Gasteiger partial charge in [0.15, 0.2) is 11.6 Å². The topological polar surface area (TPSA) is 52.5 Å². The molecule has 21 heavy (non-hydrogen) atoms. The van der Waals surface area contributed by atoms with Gasteiger partial charge in [0.1, 0.15) is 0 Å². The number of halogens is 1. The molecular formula is C16H16FN3O. The molecule has 0 saturated carbocycles. The summed E-state index contributed by atoms with van der Waals surface area (Å²) in [5.74, 6) is -0.134. The summed E-state index contributed by atoms with van der Waals surface area (Å²) in [6.07, 6.45) is 4.18. The van der Waals surface area contributed by atoms with Crippen LogP contribution in [0, 0.1) is 5.82 Å². The maximum absolute atomic E-state index is 13.7. The van der Waals surface area contributed by atoms with E-state index in [-0.39, 0.29) is 17.6 Å². The molecule has 0 amide bonds. The summed E-state index contributed by atoms with van der Waals surface area (Å²) in [5.41, 5.74) is 9.00. The van der Waals surface area contributed by atoms with Gasteiger partial charge < -0.3 is 10.5 Å². The van der Waals surface area contributed by atoms with E-state index in [9.17, 15) is 4.39 Å². The van der Waals surface area contributed by atoms with Gasteiger partial charge in [-0.3, -0.25) is 0 Å². The molecule has 1 unspecified atom stereocenters. The van der Waals surface area contributed by atoms with Crippen LogP contribution in [-0.2, 0) is 6.42 Å². The van der Waals surface area contributed by atoms with Crippen molar-refractivity contribution >= 4 is 5.52 Å². The number of rotatable bonds is 4. The Labute approximate surface area is 122 Å². The lowest BCUT2D eigenvalue weighted by atomic mass is 10.0. The molecule has 5 heteroatoms. The number of benzene rings is 1. The van der Waals surface area contributed by atoms with Crippen LogP contribution in [0.1, 0.15) is 17.2 Å². The van der Waals surface area contributed by atoms with Crippen molar-refractivity contribution in [1.82, 2.24) is 9.61 Å². The first-order valence-electron chi connectivity index (χ1n) is 6.69. The van der Waals surface area contributed by atoms with Gasteiger partial charge in [-0.1, -0.05) is 12.1 Å². The summed E-state index contributed by atoms with van der Waals surface area (Å²) in [6, 6.07) is 10.5. The summed E-state index contributed by atoms with van der Waals surface area (Å²) in [4.78, 5) is 0. The smallest absolute Gasteiger partial charge is 0.165 e. The Morgan fingerprint density at radius 1 is 1.33 bits per heavy atom. The number of nitrogens with zero attached hydrogens (tertiary/aromatic N) is 2. The van der Waals surface area contributed by atoms with E-state index in [2.05, 4.69) is 5.10 Å². The minimum Gasteiger partial charge on any atom is -0.494 e. The van der Waals surface area contributed by atoms with E-state index in [1.54, 1.807) is 16.8 Å². The van der Waals surface area contributed by atoms with Crippen molar-refractivity contribution in [3.05, 3.63) is 65.7 Å². The first-order valence-corrected chi connectivity index (χ1v) is 6.69. The zero-order valence-electron chi connectivity index (χ0n) is 11.7. The molecule has 2 heterocycles. The van der Waals surface area contributed by atoms with Crippen molar-refractivity contribution in [2.75, 3.05) is 7.11 Å². The first-order chi connectivity index (χ1) is 10.2. The summed E-state index contributed by atoms with van der Waals surface area (Å²) >= 11 is 0. The average Bonchev–Trinajstić information content (AvgIpc) is 2.91. The van der Waals surface area contributed by atoms with E-state index < -0.39 is 0 Å². The second kappa shape index (κ2) is 5.54. The molecule has 3 rings (SSSR count). The van der Waals surface area contributed by atoms with Crippen molar-refractivity contribution in [3.8, 4) is 5.75 Å². The molecule has 0 aliphatic heterocycles. The summed E-state index contributed by atoms with van der Waals surface area (Å²) < 4.78 is 20.4. The molecule has 0 bridgehead atoms. The quantitative estimate of drug-likeness (QED) is 0.802. The Morgan fingerprint density at radius 2 is 2.19 bits per heavy atom. The number of fused-ring (bicyclic) bond motifs is 1. The normalized spacial score (nSPS) is 12.5. The van der Waals surface area contributed by atoms with Crippen LogP contribution in [0.3, 0.4) is 0 Å². The molecule has 1 atom stereocenters. The molecule has 1 aromatic carbocycles. The van der Waals surface area contributed by atoms with Gasteiger partial charge in [-0.25, -0.2) is 8.91 Å². The van der Waals surface area contributed by atoms with Gasteiger partial charge in [0.05, 0.1) is 18.8 Å². The van der Waals surface area contributed by atoms with E-state index in [0.717, 1.165) is 16.6 Å². The Hall–Kier alpha value is -2.40. The fraction of sp³-hybridized carbons (Fsp3) is 0.188. The van der Waals surface area contributed by atoms with Crippen molar-refractivity contribution < 1.29 is 9.13 Å². The Morgan fingerprint density at radius 3 is 2.95 bits per heavy atom. The van der Waals surface area contributed by atoms with Crippen LogP contribution in [0.15, 0.2) is 48.8 Å². The van der Waals surface area contributed by atoms with Crippen LogP contribution in [0.5, 0.6) is 5.75 Å². The van der Waals surface area contributed by atoms with Gasteiger partial charge in [0.2, 0.25) is 0 Å². The third kappa shape index (κ3) is 2.60. The van der Waals surface area contributed by atoms with Crippen LogP contribution >= 0.6 is 0 Å². The SMILES string of the molecule is COc1ccc(CC(N)c2cnn3ccccc23)cc1F. The van der Waals surface area contributed by atoms with E-state index in [1.165, 1.54) is 13.2 Å². The van der Waals surface area contributed by atoms with Gasteiger partial charge >= 0.3 is 0 Å². The summed E-state index contributed by atoms with van der Waals surface area (Å²) in [6.45, 7) is 0. The highest BCUT2D eigenvalue weighted by molar-refractivity contribution is 5.55. The highest BCUT2D eigenvalue weighted by Crippen LogP contribution is 2.23. The lowest BCUT2D eigenvalue weighted by Crippen LogP contribution is -2.13. The standard InChI is InChI=1S/C16H16FN3O/c1-21-16-6-5-11(8-13(16)17)9-14(18)12-10-19-20-7-3-2-4-15(12)20/h2-8,10,14H,9,18H2,1H3. The average molecular weight is 285 g/mol. The molecule has 3 aromatic rings. The minimum absolute atomic E-state index is 0.238. The predicted octanol–water partition coefficient (Wildman–Crippen LogP) is 2.72. The predicted molar refractivity (Wildman–Crippen MR) is 78.8 cm³/mol. The van der Waals surface area contributed by atoms with Crippen LogP contribution in [0.4, 0.5) is 4.39 Å². The second-order valence-corrected chi connectivity index (χ2v) is 4.91. The second-order valence-electron chi connectivity index (χ2n) is 4.91. The molecule has 0 fully saturated rings. The van der Waals surface area contributed by atoms with Crippen LogP contribution in [-0.4, -0.2) is 16.7 Å². The van der Waals surface area contributed by atoms with E-state index in [4.69, 9.17) is 10.5 Å². The van der Waals surface area contributed by atoms with Crippen molar-refractivity contribution in [2.24, 2.45) is 5.73 Å². The molecule has 108 valence electrons. The first kappa shape index (κ1) is 13.6. The van der Waals surface area contributed by atoms with Crippen LogP contribution in [0.25, 0.3) is 5.52 Å². The number of pyridine rings is 1. The highest BCUT2D eigenvalue weighted by Gasteiger charge is 2.14. The minimum atomic E-state index is -0.373. The number of methoxy groups -OCH3 is 1. The number of hydrogen-bond acceptors (Lipinski definition) is 3. The molecule has 4 nitrogen and oxygen atoms in total. The molecule has 2 N–H and O–H groups in total. The van der Waals surface area contributed by atoms with Crippen molar-refractivity contribution in [1.29, 1.82) is 0 Å². The highest BCUT2D eigenvalue weighted by atomic mass is 19.1. The molecule has 0 aliphatic carbocycles. The molecule has 0 radical (unpaired) electrons. The summed E-state index contributed by atoms with van der Waals surface area (Å²) in [5, 5.41) is 4.27. The van der Waals surface area contributed by atoms with E-state index in [1.807, 2.05) is 30.5 Å². The van der Waals surface area contributed by atoms with Gasteiger partial charge in [0.25, 0.3) is 0 Å². The number of nitrogens with two attached hydrogens (primary N) is 1. The van der Waals surface area contributed by atoms with E-state index >= 15 is 0 Å². The molecule has 0 saturated heterocycles. The Kier molecular flexibility index (Phi) is 3.58. The number of aromatic nitrogens is 2. The molecule has 0 aliphatic rings. The van der Waals surface area contributed by atoms with Crippen molar-refractivity contribution in [3.63, 3.8) is 0 Å². The third-order valence-corrected chi connectivity index (χ3v) is 3.53. The van der Waals surface area contributed by atoms with Gasteiger partial charge in [-0.2, -0.15) is 5.10 Å². The fourth-order valence-corrected chi connectivity index (χ4v) is 2.44. The lowest BCUT2D eigenvalue weighted by molar-refractivity contribution is 0.386. The van der Waals surface area contributed by atoms with Gasteiger partial charge in [-0.15, -0.1) is 0 Å². The monoisotopic (exact) mass is 285 g/mol. The fourth-order valence-electron chi connectivity index (χ4n) is 2.44. The van der Waals surface area contributed by atoms with Gasteiger partial charge in [0, 0.05) is 17.8 Å². The number of ether oxygens (including phenoxy) is 1. The van der Waals surface area contributed by atoms with E-state index in [0.29, 0.717) is 6.42 Å². The Balaban J connectivity index is 1.86. The van der Waals surface area contributed by atoms with Gasteiger partial charge in [-0.05, 0) is 36.2 Å². The zero-order valence-corrected chi connectivity index (χ0v) is 11.7. The molecule has 2 aromatic heterocycles. The molecule has 0 spiro atoms. The summed E-state index contributed by atoms with van der Waals surface area (Å²) in [7, 11) is 1.45.